The molecule has 0 bridgehead atoms. The Kier molecular flexibility index (Phi) is 7.43. The van der Waals surface area contributed by atoms with Gasteiger partial charge < -0.3 is 20.4 Å². The Bertz CT molecular complexity index is 1070. The summed E-state index contributed by atoms with van der Waals surface area (Å²) in [6.07, 6.45) is 3.41. The number of hydrogen-bond acceptors (Lipinski definition) is 3. The van der Waals surface area contributed by atoms with Crippen LogP contribution in [0.4, 0.5) is 10.5 Å². The molecule has 7 nitrogen and oxygen atoms in total. The average molecular weight is 477 g/mol. The number of benzene rings is 2. The number of hydrogen-bond donors (Lipinski definition) is 2. The molecule has 2 heterocycles. The Hall–Kier alpha value is -3.35. The molecule has 2 unspecified atom stereocenters. The molecule has 0 radical (unpaired) electrons. The number of rotatable bonds is 5. The zero-order valence-corrected chi connectivity index (χ0v) is 20.9. The van der Waals surface area contributed by atoms with Crippen LogP contribution >= 0.6 is 0 Å². The smallest absolute Gasteiger partial charge is 0.319 e. The summed E-state index contributed by atoms with van der Waals surface area (Å²) >= 11 is 0. The van der Waals surface area contributed by atoms with E-state index in [0.717, 1.165) is 36.9 Å². The summed E-state index contributed by atoms with van der Waals surface area (Å²) in [5, 5.41) is 5.46. The van der Waals surface area contributed by atoms with Crippen molar-refractivity contribution in [1.29, 1.82) is 0 Å². The topological polar surface area (TPSA) is 81.8 Å². The van der Waals surface area contributed by atoms with E-state index < -0.39 is 12.1 Å². The van der Waals surface area contributed by atoms with Crippen LogP contribution < -0.4 is 10.6 Å². The van der Waals surface area contributed by atoms with E-state index in [1.807, 2.05) is 60.4 Å². The number of piperidine rings is 1. The molecular weight excluding hydrogens is 440 g/mol. The molecule has 0 saturated carbocycles. The molecule has 0 spiro atoms. The Morgan fingerprint density at radius 3 is 2.51 bits per heavy atom. The first kappa shape index (κ1) is 24.8. The zero-order chi connectivity index (χ0) is 25.0. The summed E-state index contributed by atoms with van der Waals surface area (Å²) in [7, 11) is 0. The standard InChI is InChI=1S/C28H36N4O3/c1-20-9-7-12-22(17-20)30-27(35)29-18-25(33)32-23(21-10-5-4-6-11-21)13-14-24(32)26(34)31-16-8-15-28(2,3)19-31/h4-7,9-12,17,23-24H,8,13-16,18-19H2,1-3H3,(H2,29,30,35). The van der Waals surface area contributed by atoms with Gasteiger partial charge in [0.2, 0.25) is 11.8 Å². The summed E-state index contributed by atoms with van der Waals surface area (Å²) < 4.78 is 0. The van der Waals surface area contributed by atoms with Gasteiger partial charge in [0.05, 0.1) is 12.6 Å². The minimum Gasteiger partial charge on any atom is -0.340 e. The molecule has 2 aromatic carbocycles. The summed E-state index contributed by atoms with van der Waals surface area (Å²) in [4.78, 5) is 43.2. The van der Waals surface area contributed by atoms with E-state index >= 15 is 0 Å². The fourth-order valence-electron chi connectivity index (χ4n) is 5.37. The number of carbonyl (C=O) groups excluding carboxylic acids is 3. The fourth-order valence-corrected chi connectivity index (χ4v) is 5.37. The molecule has 0 aromatic heterocycles. The van der Waals surface area contributed by atoms with Crippen molar-refractivity contribution in [2.45, 2.75) is 58.5 Å². The maximum atomic E-state index is 13.6. The third-order valence-corrected chi connectivity index (χ3v) is 7.03. The minimum atomic E-state index is -0.511. The molecule has 2 aliphatic rings. The van der Waals surface area contributed by atoms with Gasteiger partial charge in [-0.3, -0.25) is 9.59 Å². The second-order valence-electron chi connectivity index (χ2n) is 10.5. The van der Waals surface area contributed by atoms with Gasteiger partial charge in [0.1, 0.15) is 6.04 Å². The quantitative estimate of drug-likeness (QED) is 0.667. The van der Waals surface area contributed by atoms with Crippen molar-refractivity contribution in [3.05, 3.63) is 65.7 Å². The van der Waals surface area contributed by atoms with E-state index in [0.29, 0.717) is 18.7 Å². The number of anilines is 1. The molecule has 2 N–H and O–H groups in total. The minimum absolute atomic E-state index is 0.0220. The normalized spacial score (nSPS) is 21.5. The van der Waals surface area contributed by atoms with Crippen molar-refractivity contribution < 1.29 is 14.4 Å². The summed E-state index contributed by atoms with van der Waals surface area (Å²) in [6.45, 7) is 7.59. The van der Waals surface area contributed by atoms with Crippen LogP contribution in [-0.4, -0.2) is 53.3 Å². The van der Waals surface area contributed by atoms with Crippen LogP contribution in [-0.2, 0) is 9.59 Å². The van der Waals surface area contributed by atoms with Gasteiger partial charge in [0, 0.05) is 18.8 Å². The highest BCUT2D eigenvalue weighted by molar-refractivity contribution is 5.94. The molecule has 4 rings (SSSR count). The van der Waals surface area contributed by atoms with Gasteiger partial charge in [-0.15, -0.1) is 0 Å². The molecule has 4 amide bonds. The lowest BCUT2D eigenvalue weighted by atomic mass is 9.84. The molecule has 2 aliphatic heterocycles. The van der Waals surface area contributed by atoms with Crippen molar-refractivity contribution in [3.8, 4) is 0 Å². The first-order valence-corrected chi connectivity index (χ1v) is 12.5. The second kappa shape index (κ2) is 10.5. The van der Waals surface area contributed by atoms with E-state index in [2.05, 4.69) is 24.5 Å². The van der Waals surface area contributed by atoms with Crippen LogP contribution in [0.15, 0.2) is 54.6 Å². The number of urea groups is 1. The largest absolute Gasteiger partial charge is 0.340 e. The van der Waals surface area contributed by atoms with Crippen molar-refractivity contribution in [2.75, 3.05) is 25.0 Å². The van der Waals surface area contributed by atoms with Crippen LogP contribution in [0.2, 0.25) is 0 Å². The molecule has 2 fully saturated rings. The van der Waals surface area contributed by atoms with Crippen LogP contribution in [0.1, 0.15) is 56.7 Å². The molecule has 2 aromatic rings. The van der Waals surface area contributed by atoms with Crippen LogP contribution in [0, 0.1) is 12.3 Å². The summed E-state index contributed by atoms with van der Waals surface area (Å²) in [5.41, 5.74) is 2.79. The number of amides is 4. The van der Waals surface area contributed by atoms with Crippen molar-refractivity contribution in [1.82, 2.24) is 15.1 Å². The van der Waals surface area contributed by atoms with E-state index in [1.54, 1.807) is 11.0 Å². The molecule has 2 atom stereocenters. The Morgan fingerprint density at radius 2 is 1.80 bits per heavy atom. The maximum absolute atomic E-state index is 13.6. The Morgan fingerprint density at radius 1 is 1.03 bits per heavy atom. The average Bonchev–Trinajstić information content (AvgIpc) is 3.27. The van der Waals surface area contributed by atoms with Crippen LogP contribution in [0.5, 0.6) is 0 Å². The number of nitrogens with one attached hydrogen (secondary N) is 2. The zero-order valence-electron chi connectivity index (χ0n) is 20.9. The van der Waals surface area contributed by atoms with Crippen LogP contribution in [0.3, 0.4) is 0 Å². The van der Waals surface area contributed by atoms with Gasteiger partial charge in [-0.05, 0) is 61.3 Å². The van der Waals surface area contributed by atoms with E-state index in [9.17, 15) is 14.4 Å². The lowest BCUT2D eigenvalue weighted by Crippen LogP contribution is -2.53. The number of likely N-dealkylation sites (tertiary alicyclic amines) is 2. The molecule has 2 saturated heterocycles. The highest BCUT2D eigenvalue weighted by Crippen LogP contribution is 2.38. The van der Waals surface area contributed by atoms with Gasteiger partial charge >= 0.3 is 6.03 Å². The van der Waals surface area contributed by atoms with Gasteiger partial charge in [-0.1, -0.05) is 56.3 Å². The summed E-state index contributed by atoms with van der Waals surface area (Å²) in [6, 6.07) is 16.2. The predicted octanol–water partition coefficient (Wildman–Crippen LogP) is 4.50. The molecule has 186 valence electrons. The Labute approximate surface area is 207 Å². The van der Waals surface area contributed by atoms with Crippen LogP contribution in [0.25, 0.3) is 0 Å². The SMILES string of the molecule is Cc1cccc(NC(=O)NCC(=O)N2C(C(=O)N3CCCC(C)(C)C3)CCC2c2ccccc2)c1. The van der Waals surface area contributed by atoms with Gasteiger partial charge in [0.25, 0.3) is 0 Å². The number of nitrogens with zero attached hydrogens (tertiary/aromatic N) is 2. The van der Waals surface area contributed by atoms with Gasteiger partial charge in [-0.25, -0.2) is 4.79 Å². The van der Waals surface area contributed by atoms with E-state index in [-0.39, 0.29) is 29.8 Å². The van der Waals surface area contributed by atoms with Crippen molar-refractivity contribution >= 4 is 23.5 Å². The molecular formula is C28H36N4O3. The third-order valence-electron chi connectivity index (χ3n) is 7.03. The second-order valence-corrected chi connectivity index (χ2v) is 10.5. The third kappa shape index (κ3) is 6.02. The number of aryl methyl sites for hydroxylation is 1. The van der Waals surface area contributed by atoms with E-state index in [1.165, 1.54) is 0 Å². The molecule has 0 aliphatic carbocycles. The first-order valence-electron chi connectivity index (χ1n) is 12.5. The highest BCUT2D eigenvalue weighted by atomic mass is 16.2. The number of carbonyl (C=O) groups is 3. The van der Waals surface area contributed by atoms with Gasteiger partial charge in [0.15, 0.2) is 0 Å². The maximum Gasteiger partial charge on any atom is 0.319 e. The highest BCUT2D eigenvalue weighted by Gasteiger charge is 2.44. The fraction of sp³-hybridized carbons (Fsp3) is 0.464. The van der Waals surface area contributed by atoms with Gasteiger partial charge in [-0.2, -0.15) is 0 Å². The summed E-state index contributed by atoms with van der Waals surface area (Å²) in [5.74, 6) is -0.223. The van der Waals surface area contributed by atoms with E-state index in [4.69, 9.17) is 0 Å². The molecule has 35 heavy (non-hydrogen) atoms. The predicted molar refractivity (Wildman–Crippen MR) is 137 cm³/mol. The Balaban J connectivity index is 1.48. The first-order chi connectivity index (χ1) is 16.7. The van der Waals surface area contributed by atoms with Crippen molar-refractivity contribution in [3.63, 3.8) is 0 Å². The van der Waals surface area contributed by atoms with Crippen molar-refractivity contribution in [2.24, 2.45) is 5.41 Å². The lowest BCUT2D eigenvalue weighted by molar-refractivity contribution is -0.146. The lowest BCUT2D eigenvalue weighted by Gasteiger charge is -2.40. The monoisotopic (exact) mass is 476 g/mol. The molecule has 7 heteroatoms.